The molecule has 0 spiro atoms. The van der Waals surface area contributed by atoms with Gasteiger partial charge in [-0.05, 0) is 40.6 Å². The average molecular weight is 307 g/mol. The van der Waals surface area contributed by atoms with E-state index in [2.05, 4.69) is 0 Å². The summed E-state index contributed by atoms with van der Waals surface area (Å²) < 4.78 is 25.1. The lowest BCUT2D eigenvalue weighted by Crippen LogP contribution is -2.05. The van der Waals surface area contributed by atoms with Crippen LogP contribution in [0.25, 0.3) is 10.8 Å². The molecule has 0 N–H and O–H groups in total. The van der Waals surface area contributed by atoms with E-state index < -0.39 is 9.84 Å². The molecule has 0 heterocycles. The third kappa shape index (κ3) is 2.72. The Balaban J connectivity index is 2.01. The minimum Gasteiger partial charge on any atom is -0.223 e. The Morgan fingerprint density at radius 2 is 1.55 bits per heavy atom. The molecule has 0 unspecified atom stereocenters. The molecule has 3 nitrogen and oxygen atoms in total. The zero-order valence-electron chi connectivity index (χ0n) is 11.7. The summed E-state index contributed by atoms with van der Waals surface area (Å²) >= 11 is 0. The lowest BCUT2D eigenvalue weighted by atomic mass is 10.1. The number of benzene rings is 3. The highest BCUT2D eigenvalue weighted by Crippen LogP contribution is 2.23. The largest absolute Gasteiger partial charge is 0.223 e. The quantitative estimate of drug-likeness (QED) is 0.741. The summed E-state index contributed by atoms with van der Waals surface area (Å²) in [4.78, 5) is 0.236. The highest BCUT2D eigenvalue weighted by molar-refractivity contribution is 7.90. The first kappa shape index (κ1) is 14.3. The number of nitrogens with zero attached hydrogens (tertiary/aromatic N) is 1. The molecule has 4 heteroatoms. The molecule has 108 valence electrons. The van der Waals surface area contributed by atoms with Crippen LogP contribution in [0, 0.1) is 11.3 Å². The molecule has 22 heavy (non-hydrogen) atoms. The van der Waals surface area contributed by atoms with Crippen molar-refractivity contribution in [2.75, 3.05) is 0 Å². The maximum atomic E-state index is 12.6. The molecule has 3 aromatic rings. The highest BCUT2D eigenvalue weighted by Gasteiger charge is 2.16. The summed E-state index contributed by atoms with van der Waals surface area (Å²) in [6.45, 7) is 0. The fourth-order valence-electron chi connectivity index (χ4n) is 2.44. The smallest absolute Gasteiger partial charge is 0.182 e. The second-order valence-corrected chi connectivity index (χ2v) is 7.02. The van der Waals surface area contributed by atoms with E-state index >= 15 is 0 Å². The maximum absolute atomic E-state index is 12.6. The third-order valence-electron chi connectivity index (χ3n) is 3.57. The van der Waals surface area contributed by atoms with Gasteiger partial charge in [-0.2, -0.15) is 5.26 Å². The van der Waals surface area contributed by atoms with Gasteiger partial charge in [0.2, 0.25) is 0 Å². The van der Waals surface area contributed by atoms with Gasteiger partial charge in [-0.1, -0.05) is 42.5 Å². The number of nitriles is 1. The molecule has 3 rings (SSSR count). The van der Waals surface area contributed by atoms with E-state index in [1.165, 1.54) is 24.3 Å². The first-order valence-corrected chi connectivity index (χ1v) is 8.45. The van der Waals surface area contributed by atoms with Crippen LogP contribution in [0.15, 0.2) is 71.6 Å². The van der Waals surface area contributed by atoms with Crippen LogP contribution in [0.2, 0.25) is 0 Å². The fraction of sp³-hybridized carbons (Fsp3) is 0.0556. The van der Waals surface area contributed by atoms with E-state index in [0.717, 1.165) is 16.3 Å². The first-order chi connectivity index (χ1) is 10.6. The number of hydrogen-bond donors (Lipinski definition) is 0. The number of rotatable bonds is 3. The molecule has 0 saturated heterocycles. The standard InChI is InChI=1S/C18H13NO2S/c19-12-14-8-10-17(11-9-14)22(20,21)13-16-6-3-5-15-4-1-2-7-18(15)16/h1-11H,13H2. The fourth-order valence-corrected chi connectivity index (χ4v) is 3.82. The summed E-state index contributed by atoms with van der Waals surface area (Å²) in [7, 11) is -3.44. The molecule has 0 amide bonds. The Hall–Kier alpha value is -2.64. The topological polar surface area (TPSA) is 57.9 Å². The van der Waals surface area contributed by atoms with Crippen LogP contribution >= 0.6 is 0 Å². The molecular formula is C18H13NO2S. The zero-order chi connectivity index (χ0) is 15.6. The molecule has 3 aromatic carbocycles. The molecule has 0 atom stereocenters. The molecule has 0 aliphatic carbocycles. The zero-order valence-corrected chi connectivity index (χ0v) is 12.5. The second-order valence-electron chi connectivity index (χ2n) is 5.03. The monoisotopic (exact) mass is 307 g/mol. The highest BCUT2D eigenvalue weighted by atomic mass is 32.2. The van der Waals surface area contributed by atoms with Crippen molar-refractivity contribution in [3.63, 3.8) is 0 Å². The Labute approximate surface area is 129 Å². The summed E-state index contributed by atoms with van der Waals surface area (Å²) in [5.74, 6) is -0.0553. The van der Waals surface area contributed by atoms with E-state index in [1.54, 1.807) is 0 Å². The molecular weight excluding hydrogens is 294 g/mol. The van der Waals surface area contributed by atoms with Gasteiger partial charge in [0.25, 0.3) is 0 Å². The molecule has 0 aromatic heterocycles. The Bertz CT molecular complexity index is 963. The minimum atomic E-state index is -3.44. The van der Waals surface area contributed by atoms with E-state index in [-0.39, 0.29) is 10.6 Å². The number of hydrogen-bond acceptors (Lipinski definition) is 3. The lowest BCUT2D eigenvalue weighted by Gasteiger charge is -2.08. The summed E-state index contributed by atoms with van der Waals surface area (Å²) in [5, 5.41) is 10.8. The summed E-state index contributed by atoms with van der Waals surface area (Å²) in [5.41, 5.74) is 1.23. The predicted molar refractivity (Wildman–Crippen MR) is 86.0 cm³/mol. The van der Waals surface area contributed by atoms with Crippen LogP contribution in [0.1, 0.15) is 11.1 Å². The Morgan fingerprint density at radius 1 is 0.864 bits per heavy atom. The SMILES string of the molecule is N#Cc1ccc(S(=O)(=O)Cc2cccc3ccccc23)cc1. The predicted octanol–water partition coefficient (Wildman–Crippen LogP) is 3.69. The van der Waals surface area contributed by atoms with Crippen molar-refractivity contribution >= 4 is 20.6 Å². The van der Waals surface area contributed by atoms with Gasteiger partial charge in [0.05, 0.1) is 22.3 Å². The Kier molecular flexibility index (Phi) is 3.66. The molecule has 0 aliphatic heterocycles. The van der Waals surface area contributed by atoms with E-state index in [0.29, 0.717) is 5.56 Å². The van der Waals surface area contributed by atoms with Gasteiger partial charge in [0, 0.05) is 0 Å². The molecule has 0 radical (unpaired) electrons. The van der Waals surface area contributed by atoms with Gasteiger partial charge in [0.1, 0.15) is 0 Å². The second kappa shape index (κ2) is 5.63. The van der Waals surface area contributed by atoms with Crippen molar-refractivity contribution in [2.24, 2.45) is 0 Å². The van der Waals surface area contributed by atoms with Gasteiger partial charge >= 0.3 is 0 Å². The number of sulfone groups is 1. The molecule has 0 bridgehead atoms. The van der Waals surface area contributed by atoms with Crippen molar-refractivity contribution in [2.45, 2.75) is 10.6 Å². The van der Waals surface area contributed by atoms with Crippen LogP contribution in [0.4, 0.5) is 0 Å². The van der Waals surface area contributed by atoms with E-state index in [4.69, 9.17) is 5.26 Å². The van der Waals surface area contributed by atoms with Gasteiger partial charge < -0.3 is 0 Å². The van der Waals surface area contributed by atoms with Crippen molar-refractivity contribution < 1.29 is 8.42 Å². The van der Waals surface area contributed by atoms with Crippen molar-refractivity contribution in [1.29, 1.82) is 5.26 Å². The maximum Gasteiger partial charge on any atom is 0.182 e. The average Bonchev–Trinajstić information content (AvgIpc) is 2.55. The van der Waals surface area contributed by atoms with Crippen LogP contribution in [0.5, 0.6) is 0 Å². The van der Waals surface area contributed by atoms with Gasteiger partial charge in [0.15, 0.2) is 9.84 Å². The van der Waals surface area contributed by atoms with Gasteiger partial charge in [-0.25, -0.2) is 8.42 Å². The van der Waals surface area contributed by atoms with Crippen molar-refractivity contribution in [3.8, 4) is 6.07 Å². The Morgan fingerprint density at radius 3 is 2.27 bits per heavy atom. The lowest BCUT2D eigenvalue weighted by molar-refractivity contribution is 0.595. The van der Waals surface area contributed by atoms with E-state index in [9.17, 15) is 8.42 Å². The summed E-state index contributed by atoms with van der Waals surface area (Å²) in [6.07, 6.45) is 0. The van der Waals surface area contributed by atoms with Crippen LogP contribution in [-0.4, -0.2) is 8.42 Å². The normalized spacial score (nSPS) is 11.2. The molecule has 0 fully saturated rings. The minimum absolute atomic E-state index is 0.0553. The van der Waals surface area contributed by atoms with Crippen molar-refractivity contribution in [3.05, 3.63) is 77.9 Å². The van der Waals surface area contributed by atoms with Crippen LogP contribution in [-0.2, 0) is 15.6 Å². The first-order valence-electron chi connectivity index (χ1n) is 6.80. The summed E-state index contributed by atoms with van der Waals surface area (Å²) in [6, 6.07) is 21.4. The van der Waals surface area contributed by atoms with Crippen LogP contribution in [0.3, 0.4) is 0 Å². The van der Waals surface area contributed by atoms with Gasteiger partial charge in [-0.3, -0.25) is 0 Å². The molecule has 0 saturated carbocycles. The molecule has 0 aliphatic rings. The van der Waals surface area contributed by atoms with Gasteiger partial charge in [-0.15, -0.1) is 0 Å². The van der Waals surface area contributed by atoms with E-state index in [1.807, 2.05) is 48.5 Å². The van der Waals surface area contributed by atoms with Crippen molar-refractivity contribution in [1.82, 2.24) is 0 Å². The van der Waals surface area contributed by atoms with Crippen LogP contribution < -0.4 is 0 Å². The third-order valence-corrected chi connectivity index (χ3v) is 5.25. The number of fused-ring (bicyclic) bond motifs is 1.